The normalized spacial score (nSPS) is 22.8. The highest BCUT2D eigenvalue weighted by atomic mass is 32.2. The van der Waals surface area contributed by atoms with Crippen LogP contribution in [0.4, 0.5) is 0 Å². The van der Waals surface area contributed by atoms with Gasteiger partial charge in [-0.15, -0.1) is 5.10 Å². The van der Waals surface area contributed by atoms with Crippen molar-refractivity contribution >= 4 is 11.8 Å². The van der Waals surface area contributed by atoms with E-state index >= 15 is 0 Å². The first-order valence-electron chi connectivity index (χ1n) is 8.71. The first-order valence-corrected chi connectivity index (χ1v) is 9.87. The molecule has 0 N–H and O–H groups in total. The number of likely N-dealkylation sites (tertiary alicyclic amines) is 1. The second kappa shape index (κ2) is 7.15. The standard InChI is InChI=1S/C18H24N4OS/c1-23-17-4-2-14(3-5-17)18-12-22(20-19-18)15-6-9-21(10-7-15)16-8-11-24-13-16/h2-5,12,15-16H,6-11,13H2,1H3. The van der Waals surface area contributed by atoms with Gasteiger partial charge < -0.3 is 4.74 Å². The molecule has 1 aromatic heterocycles. The van der Waals surface area contributed by atoms with Gasteiger partial charge in [-0.1, -0.05) is 5.21 Å². The molecule has 5 nitrogen and oxygen atoms in total. The van der Waals surface area contributed by atoms with E-state index in [0.717, 1.165) is 23.0 Å². The summed E-state index contributed by atoms with van der Waals surface area (Å²) >= 11 is 2.10. The molecule has 2 saturated heterocycles. The second-order valence-electron chi connectivity index (χ2n) is 6.60. The smallest absolute Gasteiger partial charge is 0.118 e. The van der Waals surface area contributed by atoms with Gasteiger partial charge in [0, 0.05) is 30.4 Å². The van der Waals surface area contributed by atoms with Gasteiger partial charge in [-0.25, -0.2) is 4.68 Å². The third-order valence-electron chi connectivity index (χ3n) is 5.19. The number of hydrogen-bond donors (Lipinski definition) is 0. The van der Waals surface area contributed by atoms with Gasteiger partial charge in [0.15, 0.2) is 0 Å². The molecule has 1 unspecified atom stereocenters. The van der Waals surface area contributed by atoms with Crippen molar-refractivity contribution < 1.29 is 4.74 Å². The van der Waals surface area contributed by atoms with E-state index in [1.165, 1.54) is 43.9 Å². The van der Waals surface area contributed by atoms with Gasteiger partial charge in [0.2, 0.25) is 0 Å². The van der Waals surface area contributed by atoms with Crippen LogP contribution in [-0.2, 0) is 0 Å². The van der Waals surface area contributed by atoms with E-state index in [2.05, 4.69) is 37.9 Å². The Bertz CT molecular complexity index is 658. The van der Waals surface area contributed by atoms with Crippen LogP contribution in [-0.4, -0.2) is 57.6 Å². The zero-order chi connectivity index (χ0) is 16.4. The molecule has 0 amide bonds. The Morgan fingerprint density at radius 1 is 1.08 bits per heavy atom. The number of piperidine rings is 1. The van der Waals surface area contributed by atoms with Crippen molar-refractivity contribution in [2.24, 2.45) is 0 Å². The molecule has 2 fully saturated rings. The Morgan fingerprint density at radius 3 is 2.54 bits per heavy atom. The van der Waals surface area contributed by atoms with Crippen molar-refractivity contribution in [3.63, 3.8) is 0 Å². The fourth-order valence-electron chi connectivity index (χ4n) is 3.67. The van der Waals surface area contributed by atoms with Crippen molar-refractivity contribution in [2.75, 3.05) is 31.7 Å². The van der Waals surface area contributed by atoms with Crippen molar-refractivity contribution in [3.8, 4) is 17.0 Å². The Balaban J connectivity index is 1.39. The highest BCUT2D eigenvalue weighted by molar-refractivity contribution is 7.99. The predicted octanol–water partition coefficient (Wildman–Crippen LogP) is 3.10. The molecule has 0 saturated carbocycles. The quantitative estimate of drug-likeness (QED) is 0.853. The molecule has 0 radical (unpaired) electrons. The van der Waals surface area contributed by atoms with E-state index < -0.39 is 0 Å². The van der Waals surface area contributed by atoms with E-state index in [1.807, 2.05) is 24.3 Å². The molecule has 0 spiro atoms. The van der Waals surface area contributed by atoms with E-state index in [-0.39, 0.29) is 0 Å². The third-order valence-corrected chi connectivity index (χ3v) is 6.34. The summed E-state index contributed by atoms with van der Waals surface area (Å²) in [4.78, 5) is 2.68. The summed E-state index contributed by atoms with van der Waals surface area (Å²) in [6.45, 7) is 2.38. The van der Waals surface area contributed by atoms with Crippen LogP contribution in [0, 0.1) is 0 Å². The number of hydrogen-bond acceptors (Lipinski definition) is 5. The fourth-order valence-corrected chi connectivity index (χ4v) is 4.93. The summed E-state index contributed by atoms with van der Waals surface area (Å²) in [6.07, 6.45) is 5.80. The molecule has 1 aromatic carbocycles. The maximum absolute atomic E-state index is 5.21. The molecule has 4 rings (SSSR count). The SMILES string of the molecule is COc1ccc(-c2cn(C3CCN(C4CCSC4)CC3)nn2)cc1. The largest absolute Gasteiger partial charge is 0.497 e. The maximum Gasteiger partial charge on any atom is 0.118 e. The summed E-state index contributed by atoms with van der Waals surface area (Å²) in [5, 5.41) is 8.76. The lowest BCUT2D eigenvalue weighted by Crippen LogP contribution is -2.42. The first-order chi connectivity index (χ1) is 11.8. The molecule has 128 valence electrons. The van der Waals surface area contributed by atoms with Crippen LogP contribution in [0.25, 0.3) is 11.3 Å². The van der Waals surface area contributed by atoms with Gasteiger partial charge in [0.05, 0.1) is 19.3 Å². The molecule has 2 aliphatic rings. The summed E-state index contributed by atoms with van der Waals surface area (Å²) in [5.41, 5.74) is 2.02. The lowest BCUT2D eigenvalue weighted by Gasteiger charge is -2.35. The van der Waals surface area contributed by atoms with Gasteiger partial charge in [0.1, 0.15) is 11.4 Å². The van der Waals surface area contributed by atoms with Crippen LogP contribution < -0.4 is 4.74 Å². The number of methoxy groups -OCH3 is 1. The van der Waals surface area contributed by atoms with Crippen molar-refractivity contribution in [1.29, 1.82) is 0 Å². The third kappa shape index (κ3) is 3.30. The first kappa shape index (κ1) is 16.0. The minimum atomic E-state index is 0.481. The lowest BCUT2D eigenvalue weighted by atomic mass is 10.0. The Labute approximate surface area is 147 Å². The summed E-state index contributed by atoms with van der Waals surface area (Å²) < 4.78 is 7.28. The molecule has 0 bridgehead atoms. The minimum Gasteiger partial charge on any atom is -0.497 e. The lowest BCUT2D eigenvalue weighted by molar-refractivity contribution is 0.141. The van der Waals surface area contributed by atoms with Gasteiger partial charge >= 0.3 is 0 Å². The summed E-state index contributed by atoms with van der Waals surface area (Å²) in [6, 6.07) is 9.29. The van der Waals surface area contributed by atoms with Crippen LogP contribution in [0.5, 0.6) is 5.75 Å². The predicted molar refractivity (Wildman–Crippen MR) is 97.6 cm³/mol. The number of ether oxygens (including phenoxy) is 1. The minimum absolute atomic E-state index is 0.481. The zero-order valence-corrected chi connectivity index (χ0v) is 14.9. The molecular weight excluding hydrogens is 320 g/mol. The number of aromatic nitrogens is 3. The Kier molecular flexibility index (Phi) is 4.76. The average Bonchev–Trinajstić information content (AvgIpc) is 3.34. The Hall–Kier alpha value is -1.53. The molecule has 1 atom stereocenters. The Morgan fingerprint density at radius 2 is 1.88 bits per heavy atom. The van der Waals surface area contributed by atoms with Crippen molar-refractivity contribution in [1.82, 2.24) is 19.9 Å². The average molecular weight is 344 g/mol. The van der Waals surface area contributed by atoms with Crippen molar-refractivity contribution in [2.45, 2.75) is 31.3 Å². The molecule has 24 heavy (non-hydrogen) atoms. The van der Waals surface area contributed by atoms with Crippen molar-refractivity contribution in [3.05, 3.63) is 30.5 Å². The fraction of sp³-hybridized carbons (Fsp3) is 0.556. The van der Waals surface area contributed by atoms with E-state index in [0.29, 0.717) is 6.04 Å². The topological polar surface area (TPSA) is 43.2 Å². The van der Waals surface area contributed by atoms with Gasteiger partial charge in [-0.05, 0) is 49.3 Å². The number of nitrogens with zero attached hydrogens (tertiary/aromatic N) is 4. The molecule has 2 aromatic rings. The number of thioether (sulfide) groups is 1. The molecule has 0 aliphatic carbocycles. The second-order valence-corrected chi connectivity index (χ2v) is 7.75. The van der Waals surface area contributed by atoms with Gasteiger partial charge in [0.25, 0.3) is 0 Å². The highest BCUT2D eigenvalue weighted by Crippen LogP contribution is 2.29. The van der Waals surface area contributed by atoms with Crippen LogP contribution in [0.1, 0.15) is 25.3 Å². The maximum atomic E-state index is 5.21. The van der Waals surface area contributed by atoms with Crippen LogP contribution in [0.2, 0.25) is 0 Å². The van der Waals surface area contributed by atoms with Crippen LogP contribution in [0.3, 0.4) is 0 Å². The monoisotopic (exact) mass is 344 g/mol. The molecule has 3 heterocycles. The number of benzene rings is 1. The number of rotatable bonds is 4. The van der Waals surface area contributed by atoms with E-state index in [9.17, 15) is 0 Å². The summed E-state index contributed by atoms with van der Waals surface area (Å²) in [7, 11) is 1.68. The molecule has 2 aliphatic heterocycles. The summed E-state index contributed by atoms with van der Waals surface area (Å²) in [5.74, 6) is 3.51. The van der Waals surface area contributed by atoms with E-state index in [4.69, 9.17) is 4.74 Å². The highest BCUT2D eigenvalue weighted by Gasteiger charge is 2.28. The van der Waals surface area contributed by atoms with Crippen LogP contribution >= 0.6 is 11.8 Å². The van der Waals surface area contributed by atoms with Crippen LogP contribution in [0.15, 0.2) is 30.5 Å². The van der Waals surface area contributed by atoms with E-state index in [1.54, 1.807) is 7.11 Å². The van der Waals surface area contributed by atoms with Gasteiger partial charge in [-0.3, -0.25) is 4.90 Å². The molecule has 6 heteroatoms. The molecular formula is C18H24N4OS. The van der Waals surface area contributed by atoms with Gasteiger partial charge in [-0.2, -0.15) is 11.8 Å². The zero-order valence-electron chi connectivity index (χ0n) is 14.1.